The Hall–Kier alpha value is -1.02. The average molecular weight is 301 g/mol. The third-order valence-corrected chi connectivity index (χ3v) is 5.86. The lowest BCUT2D eigenvalue weighted by Gasteiger charge is -2.32. The third-order valence-electron chi connectivity index (χ3n) is 5.86. The van der Waals surface area contributed by atoms with Gasteiger partial charge in [-0.15, -0.1) is 0 Å². The Kier molecular flexibility index (Phi) is 5.07. The predicted molar refractivity (Wildman–Crippen MR) is 92.3 cm³/mol. The summed E-state index contributed by atoms with van der Waals surface area (Å²) < 4.78 is 0. The van der Waals surface area contributed by atoms with Crippen molar-refractivity contribution in [3.05, 3.63) is 29.8 Å². The van der Waals surface area contributed by atoms with Crippen molar-refractivity contribution in [1.29, 1.82) is 0 Å². The van der Waals surface area contributed by atoms with Gasteiger partial charge in [0, 0.05) is 18.5 Å². The number of phenolic OH excluding ortho intramolecular Hbond substituents is 1. The fourth-order valence-corrected chi connectivity index (χ4v) is 4.75. The molecule has 0 spiro atoms. The van der Waals surface area contributed by atoms with Crippen LogP contribution in [0, 0.1) is 5.92 Å². The average Bonchev–Trinajstić information content (AvgIpc) is 2.93. The molecule has 22 heavy (non-hydrogen) atoms. The lowest BCUT2D eigenvalue weighted by Crippen LogP contribution is -2.34. The van der Waals surface area contributed by atoms with E-state index in [1.807, 2.05) is 12.1 Å². The first-order valence-corrected chi connectivity index (χ1v) is 9.24. The lowest BCUT2D eigenvalue weighted by molar-refractivity contribution is 0.221. The molecule has 1 saturated carbocycles. The van der Waals surface area contributed by atoms with Gasteiger partial charge in [-0.2, -0.15) is 0 Å². The number of hydrogen-bond acceptors (Lipinski definition) is 2. The molecule has 1 aromatic carbocycles. The fourth-order valence-electron chi connectivity index (χ4n) is 4.75. The molecule has 1 aliphatic heterocycles. The second-order valence-electron chi connectivity index (χ2n) is 7.57. The molecule has 0 amide bonds. The normalized spacial score (nSPS) is 27.3. The highest BCUT2D eigenvalue weighted by molar-refractivity contribution is 5.34. The van der Waals surface area contributed by atoms with Crippen LogP contribution in [0.5, 0.6) is 5.75 Å². The molecule has 122 valence electrons. The molecule has 1 aromatic rings. The van der Waals surface area contributed by atoms with E-state index in [0.29, 0.717) is 5.75 Å². The van der Waals surface area contributed by atoms with Gasteiger partial charge in [0.25, 0.3) is 0 Å². The molecule has 0 bridgehead atoms. The van der Waals surface area contributed by atoms with Crippen LogP contribution in [0.1, 0.15) is 63.9 Å². The van der Waals surface area contributed by atoms with Crippen molar-refractivity contribution >= 4 is 0 Å². The summed E-state index contributed by atoms with van der Waals surface area (Å²) in [5.41, 5.74) is 1.61. The maximum atomic E-state index is 9.87. The highest BCUT2D eigenvalue weighted by atomic mass is 16.3. The van der Waals surface area contributed by atoms with E-state index in [0.717, 1.165) is 5.92 Å². The van der Waals surface area contributed by atoms with Gasteiger partial charge in [0.2, 0.25) is 0 Å². The number of phenols is 1. The summed E-state index contributed by atoms with van der Waals surface area (Å²) in [6, 6.07) is 8.02. The Balaban J connectivity index is 1.70. The Morgan fingerprint density at radius 3 is 2.77 bits per heavy atom. The van der Waals surface area contributed by atoms with Gasteiger partial charge in [-0.3, -0.25) is 0 Å². The molecule has 0 aromatic heterocycles. The highest BCUT2D eigenvalue weighted by Gasteiger charge is 2.39. The Labute approximate surface area is 135 Å². The van der Waals surface area contributed by atoms with Crippen molar-refractivity contribution in [1.82, 2.24) is 4.90 Å². The van der Waals surface area contributed by atoms with E-state index in [-0.39, 0.29) is 5.41 Å². The maximum absolute atomic E-state index is 9.87. The summed E-state index contributed by atoms with van der Waals surface area (Å²) >= 11 is 0. The summed E-state index contributed by atoms with van der Waals surface area (Å²) in [6.45, 7) is 5.99. The van der Waals surface area contributed by atoms with E-state index >= 15 is 0 Å². The first kappa shape index (κ1) is 15.9. The summed E-state index contributed by atoms with van der Waals surface area (Å²) in [7, 11) is 0. The summed E-state index contributed by atoms with van der Waals surface area (Å²) in [5.74, 6) is 1.34. The van der Waals surface area contributed by atoms with Crippen LogP contribution in [-0.4, -0.2) is 29.6 Å². The Morgan fingerprint density at radius 2 is 2.05 bits per heavy atom. The number of benzene rings is 1. The van der Waals surface area contributed by atoms with Gasteiger partial charge in [-0.1, -0.05) is 44.7 Å². The number of hydrogen-bond donors (Lipinski definition) is 1. The zero-order valence-electron chi connectivity index (χ0n) is 14.1. The standard InChI is InChI=1S/C20H31NO/c1-2-11-20(18-9-6-10-19(22)14-18)12-13-21(16-20)15-17-7-4-3-5-8-17/h6,9-10,14,17,22H,2-5,7-8,11-13,15-16H2,1H3/t20-/m1/s1. The summed E-state index contributed by atoms with van der Waals surface area (Å²) in [5, 5.41) is 9.87. The van der Waals surface area contributed by atoms with Crippen LogP contribution >= 0.6 is 0 Å². The summed E-state index contributed by atoms with van der Waals surface area (Å²) in [4.78, 5) is 2.70. The van der Waals surface area contributed by atoms with Crippen molar-refractivity contribution in [3.63, 3.8) is 0 Å². The van der Waals surface area contributed by atoms with Crippen molar-refractivity contribution < 1.29 is 5.11 Å². The number of likely N-dealkylation sites (tertiary alicyclic amines) is 1. The van der Waals surface area contributed by atoms with E-state index < -0.39 is 0 Å². The zero-order valence-corrected chi connectivity index (χ0v) is 14.1. The van der Waals surface area contributed by atoms with Gasteiger partial charge < -0.3 is 10.0 Å². The van der Waals surface area contributed by atoms with E-state index in [1.54, 1.807) is 6.07 Å². The molecule has 1 N–H and O–H groups in total. The van der Waals surface area contributed by atoms with Crippen molar-refractivity contribution in [2.75, 3.05) is 19.6 Å². The number of aromatic hydroxyl groups is 1. The van der Waals surface area contributed by atoms with Gasteiger partial charge in [-0.05, 0) is 55.8 Å². The second kappa shape index (κ2) is 7.04. The van der Waals surface area contributed by atoms with Gasteiger partial charge >= 0.3 is 0 Å². The van der Waals surface area contributed by atoms with Crippen LogP contribution in [0.4, 0.5) is 0 Å². The largest absolute Gasteiger partial charge is 0.508 e. The van der Waals surface area contributed by atoms with Crippen LogP contribution in [0.3, 0.4) is 0 Å². The van der Waals surface area contributed by atoms with Crippen molar-refractivity contribution in [2.24, 2.45) is 5.92 Å². The van der Waals surface area contributed by atoms with Crippen molar-refractivity contribution in [2.45, 2.75) is 63.7 Å². The van der Waals surface area contributed by atoms with E-state index in [4.69, 9.17) is 0 Å². The molecule has 2 aliphatic rings. The minimum atomic E-state index is 0.266. The quantitative estimate of drug-likeness (QED) is 0.851. The predicted octanol–water partition coefficient (Wildman–Crippen LogP) is 4.72. The van der Waals surface area contributed by atoms with E-state index in [1.165, 1.54) is 76.6 Å². The van der Waals surface area contributed by atoms with E-state index in [9.17, 15) is 5.11 Å². The smallest absolute Gasteiger partial charge is 0.115 e. The molecule has 1 heterocycles. The maximum Gasteiger partial charge on any atom is 0.115 e. The SMILES string of the molecule is CCC[C@@]1(c2cccc(O)c2)CCN(CC2CCCCC2)C1. The molecule has 3 rings (SSSR count). The molecule has 2 nitrogen and oxygen atoms in total. The molecule has 1 atom stereocenters. The van der Waals surface area contributed by atoms with Crippen LogP contribution in [0.25, 0.3) is 0 Å². The molecule has 1 saturated heterocycles. The molecule has 0 radical (unpaired) electrons. The van der Waals surface area contributed by atoms with Crippen molar-refractivity contribution in [3.8, 4) is 5.75 Å². The molecule has 2 fully saturated rings. The number of nitrogens with zero attached hydrogens (tertiary/aromatic N) is 1. The molecule has 2 heteroatoms. The van der Waals surface area contributed by atoms with Crippen LogP contribution < -0.4 is 0 Å². The number of rotatable bonds is 5. The molecule has 0 unspecified atom stereocenters. The molecular formula is C20H31NO. The summed E-state index contributed by atoms with van der Waals surface area (Å²) in [6.07, 6.45) is 10.9. The molecule has 1 aliphatic carbocycles. The Bertz CT molecular complexity index is 480. The van der Waals surface area contributed by atoms with Crippen LogP contribution in [0.15, 0.2) is 24.3 Å². The second-order valence-corrected chi connectivity index (χ2v) is 7.57. The zero-order chi connectivity index (χ0) is 15.4. The fraction of sp³-hybridized carbons (Fsp3) is 0.700. The first-order valence-electron chi connectivity index (χ1n) is 9.24. The van der Waals surface area contributed by atoms with Crippen LogP contribution in [0.2, 0.25) is 0 Å². The minimum Gasteiger partial charge on any atom is -0.508 e. The topological polar surface area (TPSA) is 23.5 Å². The van der Waals surface area contributed by atoms with E-state index in [2.05, 4.69) is 17.9 Å². The first-order chi connectivity index (χ1) is 10.7. The lowest BCUT2D eigenvalue weighted by atomic mass is 9.76. The van der Waals surface area contributed by atoms with Gasteiger partial charge in [0.1, 0.15) is 5.75 Å². The van der Waals surface area contributed by atoms with Gasteiger partial charge in [-0.25, -0.2) is 0 Å². The minimum absolute atomic E-state index is 0.266. The Morgan fingerprint density at radius 1 is 1.23 bits per heavy atom. The monoisotopic (exact) mass is 301 g/mol. The van der Waals surface area contributed by atoms with Gasteiger partial charge in [0.05, 0.1) is 0 Å². The highest BCUT2D eigenvalue weighted by Crippen LogP contribution is 2.40. The van der Waals surface area contributed by atoms with Crippen LogP contribution in [-0.2, 0) is 5.41 Å². The van der Waals surface area contributed by atoms with Gasteiger partial charge in [0.15, 0.2) is 0 Å². The molecular weight excluding hydrogens is 270 g/mol. The third kappa shape index (κ3) is 3.48.